The van der Waals surface area contributed by atoms with Crippen LogP contribution in [0.5, 0.6) is 0 Å². The van der Waals surface area contributed by atoms with Crippen molar-refractivity contribution in [1.82, 2.24) is 20.4 Å². The lowest BCUT2D eigenvalue weighted by atomic mass is 9.58. The van der Waals surface area contributed by atoms with Crippen LogP contribution in [-0.2, 0) is 30.5 Å². The molecule has 4 aliphatic heterocycles. The van der Waals surface area contributed by atoms with Gasteiger partial charge in [-0.25, -0.2) is 20.3 Å². The second-order valence-corrected chi connectivity index (χ2v) is 9.48. The molecule has 1 amide bonds. The Morgan fingerprint density at radius 2 is 2.16 bits per heavy atom. The number of fused-ring (bicyclic) bond motifs is 2. The minimum Gasteiger partial charge on any atom is -0.350 e. The van der Waals surface area contributed by atoms with Crippen molar-refractivity contribution in [2.45, 2.75) is 77.0 Å². The average Bonchev–Trinajstić information content (AvgIpc) is 3.11. The first-order valence-electron chi connectivity index (χ1n) is 11.1. The van der Waals surface area contributed by atoms with Gasteiger partial charge < -0.3 is 14.2 Å². The number of nitrogens with zero attached hydrogens (tertiary/aromatic N) is 3. The van der Waals surface area contributed by atoms with Gasteiger partial charge in [0.15, 0.2) is 23.9 Å². The molecule has 1 aliphatic carbocycles. The zero-order valence-electron chi connectivity index (χ0n) is 18.2. The highest BCUT2D eigenvalue weighted by atomic mass is 17.3. The molecule has 1 saturated carbocycles. The molecule has 0 aromatic carbocycles. The van der Waals surface area contributed by atoms with E-state index in [1.807, 2.05) is 12.3 Å². The first-order chi connectivity index (χ1) is 14.9. The molecule has 11 nitrogen and oxygen atoms in total. The van der Waals surface area contributed by atoms with Crippen LogP contribution in [0.25, 0.3) is 0 Å². The van der Waals surface area contributed by atoms with Crippen LogP contribution in [0, 0.1) is 23.7 Å². The third-order valence-electron chi connectivity index (χ3n) is 7.60. The van der Waals surface area contributed by atoms with Crippen molar-refractivity contribution in [3.63, 3.8) is 0 Å². The predicted molar refractivity (Wildman–Crippen MR) is 104 cm³/mol. The minimum atomic E-state index is -0.802. The molecule has 8 atom stereocenters. The molecule has 172 valence electrons. The normalized spacial score (nSPS) is 43.9. The molecule has 3 N–H and O–H groups in total. The number of hydrogen-bond acceptors (Lipinski definition) is 9. The van der Waals surface area contributed by atoms with E-state index in [9.17, 15) is 4.79 Å². The SMILES string of the molecule is C[C@H]1C(OCCn2cc(C(=O)NN)nn2)OC2O[C@@]3(C)CCC4[C@H](C)CCC1[C@@]24OO3. The number of carbonyl (C=O) groups is 1. The fourth-order valence-electron chi connectivity index (χ4n) is 5.91. The van der Waals surface area contributed by atoms with Gasteiger partial charge in [-0.15, -0.1) is 5.10 Å². The highest BCUT2D eigenvalue weighted by Gasteiger charge is 2.69. The fraction of sp³-hybridized carbons (Fsp3) is 0.850. The van der Waals surface area contributed by atoms with E-state index < -0.39 is 29.9 Å². The molecule has 11 heteroatoms. The van der Waals surface area contributed by atoms with Crippen molar-refractivity contribution in [1.29, 1.82) is 0 Å². The lowest BCUT2D eigenvalue weighted by Gasteiger charge is -2.60. The molecule has 1 aromatic rings. The maximum atomic E-state index is 11.5. The Labute approximate surface area is 180 Å². The topological polar surface area (TPSA) is 132 Å². The van der Waals surface area contributed by atoms with E-state index >= 15 is 0 Å². The summed E-state index contributed by atoms with van der Waals surface area (Å²) < 4.78 is 20.4. The fourth-order valence-corrected chi connectivity index (χ4v) is 5.91. The molecule has 31 heavy (non-hydrogen) atoms. The van der Waals surface area contributed by atoms with Crippen molar-refractivity contribution >= 4 is 5.91 Å². The molecule has 4 saturated heterocycles. The second kappa shape index (κ2) is 7.75. The first kappa shape index (κ1) is 21.2. The maximum Gasteiger partial charge on any atom is 0.287 e. The Balaban J connectivity index is 1.29. The van der Waals surface area contributed by atoms with Gasteiger partial charge in [0.1, 0.15) is 0 Å². The van der Waals surface area contributed by atoms with Crippen molar-refractivity contribution in [2.24, 2.45) is 29.5 Å². The lowest BCUT2D eigenvalue weighted by molar-refractivity contribution is -0.577. The van der Waals surface area contributed by atoms with E-state index in [0.29, 0.717) is 25.0 Å². The number of nitrogens with one attached hydrogen (secondary N) is 1. The summed E-state index contributed by atoms with van der Waals surface area (Å²) in [4.78, 5) is 23.5. The van der Waals surface area contributed by atoms with Crippen LogP contribution in [0.3, 0.4) is 0 Å². The Hall–Kier alpha value is -1.63. The van der Waals surface area contributed by atoms with E-state index in [-0.39, 0.29) is 17.5 Å². The largest absolute Gasteiger partial charge is 0.350 e. The third-order valence-corrected chi connectivity index (χ3v) is 7.60. The van der Waals surface area contributed by atoms with E-state index in [2.05, 4.69) is 24.2 Å². The minimum absolute atomic E-state index is 0.107. The van der Waals surface area contributed by atoms with Gasteiger partial charge in [0.05, 0.1) is 19.3 Å². The van der Waals surface area contributed by atoms with Crippen LogP contribution in [0.15, 0.2) is 6.20 Å². The van der Waals surface area contributed by atoms with E-state index in [4.69, 9.17) is 29.8 Å². The molecular weight excluding hydrogens is 406 g/mol. The monoisotopic (exact) mass is 437 g/mol. The summed E-state index contributed by atoms with van der Waals surface area (Å²) in [5.41, 5.74) is 1.60. The lowest BCUT2D eigenvalue weighted by Crippen LogP contribution is -2.70. The number of amides is 1. The predicted octanol–water partition coefficient (Wildman–Crippen LogP) is 1.11. The summed E-state index contributed by atoms with van der Waals surface area (Å²) >= 11 is 0. The van der Waals surface area contributed by atoms with E-state index in [1.54, 1.807) is 4.68 Å². The van der Waals surface area contributed by atoms with Gasteiger partial charge in [-0.05, 0) is 38.0 Å². The van der Waals surface area contributed by atoms with Crippen LogP contribution in [0.2, 0.25) is 0 Å². The van der Waals surface area contributed by atoms with Gasteiger partial charge in [0.25, 0.3) is 5.91 Å². The van der Waals surface area contributed by atoms with Gasteiger partial charge in [0, 0.05) is 18.3 Å². The number of hydrogen-bond donors (Lipinski definition) is 2. The molecule has 5 fully saturated rings. The number of aromatic nitrogens is 3. The number of nitrogens with two attached hydrogens (primary N) is 1. The Bertz CT molecular complexity index is 837. The van der Waals surface area contributed by atoms with Gasteiger partial charge >= 0.3 is 0 Å². The summed E-state index contributed by atoms with van der Waals surface area (Å²) in [6, 6.07) is 0. The maximum absolute atomic E-state index is 11.5. The molecule has 1 aromatic heterocycles. The van der Waals surface area contributed by atoms with E-state index in [0.717, 1.165) is 25.7 Å². The quantitative estimate of drug-likeness (QED) is 0.301. The average molecular weight is 437 g/mol. The number of nitrogen functional groups attached to an aromatic ring is 1. The zero-order chi connectivity index (χ0) is 21.8. The second-order valence-electron chi connectivity index (χ2n) is 9.48. The van der Waals surface area contributed by atoms with Crippen molar-refractivity contribution in [3.05, 3.63) is 11.9 Å². The molecule has 5 aliphatic rings. The van der Waals surface area contributed by atoms with Crippen LogP contribution < -0.4 is 11.3 Å². The Morgan fingerprint density at radius 3 is 2.97 bits per heavy atom. The zero-order valence-corrected chi connectivity index (χ0v) is 18.2. The molecular formula is C20H31N5O6. The molecule has 0 radical (unpaired) electrons. The first-order valence-corrected chi connectivity index (χ1v) is 11.1. The number of rotatable bonds is 5. The van der Waals surface area contributed by atoms with Gasteiger partial charge in [-0.1, -0.05) is 19.1 Å². The summed E-state index contributed by atoms with van der Waals surface area (Å²) in [5, 5.41) is 7.73. The van der Waals surface area contributed by atoms with E-state index in [1.165, 1.54) is 6.20 Å². The van der Waals surface area contributed by atoms with Crippen molar-refractivity contribution < 1.29 is 28.8 Å². The Morgan fingerprint density at radius 1 is 1.32 bits per heavy atom. The number of carbonyl (C=O) groups excluding carboxylic acids is 1. The van der Waals surface area contributed by atoms with Crippen LogP contribution in [0.4, 0.5) is 0 Å². The van der Waals surface area contributed by atoms with Crippen LogP contribution >= 0.6 is 0 Å². The molecule has 2 bridgehead atoms. The Kier molecular flexibility index (Phi) is 5.31. The molecule has 6 rings (SSSR count). The summed E-state index contributed by atoms with van der Waals surface area (Å²) in [6.07, 6.45) is 4.50. The standard InChI is InChI=1S/C20H31N5O6/c1-11-4-5-14-12(2)17(27-9-8-25-10-15(23-24-25)16(26)22-21)28-18-20(14)13(11)6-7-19(3,29-18)30-31-20/h10-14,17-18H,4-9,21H2,1-3H3,(H,22,26)/t11-,12-,13?,14?,17?,18?,19-,20-/m1/s1. The highest BCUT2D eigenvalue weighted by Crippen LogP contribution is 2.60. The van der Waals surface area contributed by atoms with Gasteiger partial charge in [-0.3, -0.25) is 10.2 Å². The smallest absolute Gasteiger partial charge is 0.287 e. The molecule has 4 unspecified atom stereocenters. The molecule has 5 heterocycles. The van der Waals surface area contributed by atoms with Gasteiger partial charge in [-0.2, -0.15) is 0 Å². The summed E-state index contributed by atoms with van der Waals surface area (Å²) in [5.74, 6) is 5.00. The highest BCUT2D eigenvalue weighted by molar-refractivity contribution is 5.91. The number of hydrazine groups is 1. The third kappa shape index (κ3) is 3.38. The van der Waals surface area contributed by atoms with Crippen LogP contribution in [0.1, 0.15) is 56.9 Å². The summed E-state index contributed by atoms with van der Waals surface area (Å²) in [6.45, 7) is 7.13. The van der Waals surface area contributed by atoms with Crippen molar-refractivity contribution in [2.75, 3.05) is 6.61 Å². The number of ether oxygens (including phenoxy) is 3. The summed E-state index contributed by atoms with van der Waals surface area (Å²) in [7, 11) is 0. The van der Waals surface area contributed by atoms with Crippen molar-refractivity contribution in [3.8, 4) is 0 Å². The molecule has 1 spiro atoms. The van der Waals surface area contributed by atoms with Crippen LogP contribution in [-0.4, -0.2) is 51.5 Å². The van der Waals surface area contributed by atoms with Gasteiger partial charge in [0.2, 0.25) is 5.79 Å².